The second-order valence-corrected chi connectivity index (χ2v) is 5.35. The largest absolute Gasteiger partial charge is 0.378 e. The lowest BCUT2D eigenvalue weighted by Crippen LogP contribution is -2.62. The summed E-state index contributed by atoms with van der Waals surface area (Å²) in [7, 11) is 0. The fourth-order valence-corrected chi connectivity index (χ4v) is 2.33. The van der Waals surface area contributed by atoms with Crippen molar-refractivity contribution in [2.75, 3.05) is 11.9 Å². The molecule has 1 aliphatic carbocycles. The summed E-state index contributed by atoms with van der Waals surface area (Å²) in [5, 5.41) is 3.77. The molecule has 0 aromatic heterocycles. The lowest BCUT2D eigenvalue weighted by molar-refractivity contribution is -0.136. The first-order chi connectivity index (χ1) is 7.02. The highest BCUT2D eigenvalue weighted by molar-refractivity contribution is 9.09. The van der Waals surface area contributed by atoms with Crippen molar-refractivity contribution in [1.82, 2.24) is 5.32 Å². The Balaban J connectivity index is 2.38. The van der Waals surface area contributed by atoms with Gasteiger partial charge in [-0.25, -0.2) is 0 Å². The van der Waals surface area contributed by atoms with Crippen molar-refractivity contribution in [3.05, 3.63) is 0 Å². The third kappa shape index (κ3) is 2.94. The molecule has 0 aromatic carbocycles. The zero-order valence-electron chi connectivity index (χ0n) is 9.68. The van der Waals surface area contributed by atoms with Gasteiger partial charge in [0.2, 0.25) is 5.91 Å². The van der Waals surface area contributed by atoms with E-state index in [-0.39, 0.29) is 23.5 Å². The first kappa shape index (κ1) is 13.0. The molecule has 0 bridgehead atoms. The number of ether oxygens (including phenoxy) is 1. The Morgan fingerprint density at radius 1 is 1.60 bits per heavy atom. The van der Waals surface area contributed by atoms with Gasteiger partial charge in [0.15, 0.2) is 0 Å². The maximum atomic E-state index is 11.4. The minimum atomic E-state index is 0.0674. The van der Waals surface area contributed by atoms with Gasteiger partial charge < -0.3 is 10.1 Å². The molecule has 4 heteroatoms. The fourth-order valence-electron chi connectivity index (χ4n) is 1.97. The predicted octanol–water partition coefficient (Wildman–Crippen LogP) is 2.09. The first-order valence-corrected chi connectivity index (χ1v) is 6.61. The van der Waals surface area contributed by atoms with E-state index in [1.54, 1.807) is 0 Å². The van der Waals surface area contributed by atoms with Gasteiger partial charge in [-0.2, -0.15) is 0 Å². The third-order valence-corrected chi connectivity index (χ3v) is 3.60. The van der Waals surface area contributed by atoms with Gasteiger partial charge in [0.25, 0.3) is 0 Å². The summed E-state index contributed by atoms with van der Waals surface area (Å²) in [5.74, 6) is 0.125. The van der Waals surface area contributed by atoms with Crippen molar-refractivity contribution in [2.45, 2.75) is 45.8 Å². The third-order valence-electron chi connectivity index (χ3n) is 3.20. The van der Waals surface area contributed by atoms with E-state index in [2.05, 4.69) is 35.1 Å². The Labute approximate surface area is 100 Å². The number of rotatable bonds is 5. The maximum absolute atomic E-state index is 11.4. The number of hydrogen-bond donors (Lipinski definition) is 1. The van der Waals surface area contributed by atoms with Crippen LogP contribution in [0.25, 0.3) is 0 Å². The predicted molar refractivity (Wildman–Crippen MR) is 64.2 cm³/mol. The Morgan fingerprint density at radius 2 is 2.27 bits per heavy atom. The average Bonchev–Trinajstić information content (AvgIpc) is 2.17. The standard InChI is InChI=1S/C11H20BrNO2/c1-4-15-9-7-8(11(9,2)3)13-10(14)5-6-12/h8-9H,4-7H2,1-3H3,(H,13,14). The smallest absolute Gasteiger partial charge is 0.221 e. The minimum Gasteiger partial charge on any atom is -0.378 e. The van der Waals surface area contributed by atoms with Crippen molar-refractivity contribution in [1.29, 1.82) is 0 Å². The van der Waals surface area contributed by atoms with Crippen LogP contribution in [0.4, 0.5) is 0 Å². The lowest BCUT2D eigenvalue weighted by atomic mass is 9.64. The van der Waals surface area contributed by atoms with Crippen LogP contribution in [0, 0.1) is 5.41 Å². The molecule has 88 valence electrons. The van der Waals surface area contributed by atoms with Crippen LogP contribution in [0.2, 0.25) is 0 Å². The van der Waals surface area contributed by atoms with Crippen LogP contribution in [0.3, 0.4) is 0 Å². The Morgan fingerprint density at radius 3 is 2.73 bits per heavy atom. The molecule has 1 amide bonds. The molecule has 3 nitrogen and oxygen atoms in total. The summed E-state index contributed by atoms with van der Waals surface area (Å²) in [6.07, 6.45) is 1.78. The minimum absolute atomic E-state index is 0.0674. The Kier molecular flexibility index (Phi) is 4.59. The number of hydrogen-bond acceptors (Lipinski definition) is 2. The molecule has 0 heterocycles. The van der Waals surface area contributed by atoms with Crippen molar-refractivity contribution in [2.24, 2.45) is 5.41 Å². The van der Waals surface area contributed by atoms with Crippen LogP contribution in [0.5, 0.6) is 0 Å². The molecule has 0 radical (unpaired) electrons. The van der Waals surface area contributed by atoms with Crippen molar-refractivity contribution in [3.63, 3.8) is 0 Å². The second-order valence-electron chi connectivity index (χ2n) is 4.56. The van der Waals surface area contributed by atoms with Gasteiger partial charge in [-0.05, 0) is 13.3 Å². The second kappa shape index (κ2) is 5.30. The average molecular weight is 278 g/mol. The molecule has 0 saturated heterocycles. The van der Waals surface area contributed by atoms with Crippen molar-refractivity contribution >= 4 is 21.8 Å². The molecule has 1 rings (SSSR count). The number of carbonyl (C=O) groups is 1. The quantitative estimate of drug-likeness (QED) is 0.782. The SMILES string of the molecule is CCOC1CC(NC(=O)CCBr)C1(C)C. The summed E-state index contributed by atoms with van der Waals surface area (Å²) in [6, 6.07) is 0.264. The highest BCUT2D eigenvalue weighted by Gasteiger charge is 2.49. The van der Waals surface area contributed by atoms with E-state index in [1.807, 2.05) is 6.92 Å². The van der Waals surface area contributed by atoms with Crippen molar-refractivity contribution in [3.8, 4) is 0 Å². The van der Waals surface area contributed by atoms with Gasteiger partial charge in [-0.1, -0.05) is 29.8 Å². The highest BCUT2D eigenvalue weighted by Crippen LogP contribution is 2.42. The number of amides is 1. The van der Waals surface area contributed by atoms with E-state index in [0.29, 0.717) is 6.42 Å². The molecule has 1 aliphatic rings. The molecule has 1 saturated carbocycles. The van der Waals surface area contributed by atoms with E-state index in [9.17, 15) is 4.79 Å². The molecular weight excluding hydrogens is 258 g/mol. The molecule has 0 aromatic rings. The van der Waals surface area contributed by atoms with Gasteiger partial charge in [0.05, 0.1) is 6.10 Å². The summed E-state index contributed by atoms with van der Waals surface area (Å²) in [6.45, 7) is 7.05. The summed E-state index contributed by atoms with van der Waals surface area (Å²) in [4.78, 5) is 11.4. The monoisotopic (exact) mass is 277 g/mol. The molecule has 0 spiro atoms. The van der Waals surface area contributed by atoms with Gasteiger partial charge in [0.1, 0.15) is 0 Å². The number of nitrogens with one attached hydrogen (secondary N) is 1. The van der Waals surface area contributed by atoms with Gasteiger partial charge in [-0.15, -0.1) is 0 Å². The van der Waals surface area contributed by atoms with Gasteiger partial charge >= 0.3 is 0 Å². The van der Waals surface area contributed by atoms with Crippen LogP contribution in [0.1, 0.15) is 33.6 Å². The van der Waals surface area contributed by atoms with E-state index in [0.717, 1.165) is 18.4 Å². The van der Waals surface area contributed by atoms with Gasteiger partial charge in [-0.3, -0.25) is 4.79 Å². The maximum Gasteiger partial charge on any atom is 0.221 e. The number of carbonyl (C=O) groups excluding carboxylic acids is 1. The van der Waals surface area contributed by atoms with E-state index in [4.69, 9.17) is 4.74 Å². The van der Waals surface area contributed by atoms with E-state index < -0.39 is 0 Å². The topological polar surface area (TPSA) is 38.3 Å². The van der Waals surface area contributed by atoms with Crippen LogP contribution < -0.4 is 5.32 Å². The van der Waals surface area contributed by atoms with Crippen LogP contribution in [-0.4, -0.2) is 30.0 Å². The van der Waals surface area contributed by atoms with Crippen LogP contribution >= 0.6 is 15.9 Å². The lowest BCUT2D eigenvalue weighted by Gasteiger charge is -2.51. The van der Waals surface area contributed by atoms with E-state index in [1.165, 1.54) is 0 Å². The summed E-state index contributed by atoms with van der Waals surface area (Å²) < 4.78 is 5.60. The summed E-state index contributed by atoms with van der Waals surface area (Å²) >= 11 is 3.26. The molecule has 1 fully saturated rings. The Bertz CT molecular complexity index is 231. The molecule has 15 heavy (non-hydrogen) atoms. The zero-order chi connectivity index (χ0) is 11.5. The molecular formula is C11H20BrNO2. The first-order valence-electron chi connectivity index (χ1n) is 5.49. The highest BCUT2D eigenvalue weighted by atomic mass is 79.9. The molecule has 2 unspecified atom stereocenters. The summed E-state index contributed by atoms with van der Waals surface area (Å²) in [5.41, 5.74) is 0.0674. The van der Waals surface area contributed by atoms with E-state index >= 15 is 0 Å². The van der Waals surface area contributed by atoms with Crippen LogP contribution in [0.15, 0.2) is 0 Å². The fraction of sp³-hybridized carbons (Fsp3) is 0.909. The van der Waals surface area contributed by atoms with Crippen LogP contribution in [-0.2, 0) is 9.53 Å². The number of halogens is 1. The Hall–Kier alpha value is -0.0900. The molecule has 2 atom stereocenters. The molecule has 0 aliphatic heterocycles. The van der Waals surface area contributed by atoms with Gasteiger partial charge in [0, 0.05) is 29.8 Å². The molecule has 1 N–H and O–H groups in total. The van der Waals surface area contributed by atoms with Crippen molar-refractivity contribution < 1.29 is 9.53 Å². The number of alkyl halides is 1. The normalized spacial score (nSPS) is 28.3. The zero-order valence-corrected chi connectivity index (χ0v) is 11.3.